The Balaban J connectivity index is 0.000000202. The van der Waals surface area contributed by atoms with Crippen molar-refractivity contribution in [2.75, 3.05) is 65.8 Å². The van der Waals surface area contributed by atoms with E-state index in [4.69, 9.17) is 14.2 Å². The highest BCUT2D eigenvalue weighted by Gasteiger charge is 2.16. The fourth-order valence-corrected chi connectivity index (χ4v) is 3.12. The normalized spacial score (nSPS) is 27.0. The first-order valence-corrected chi connectivity index (χ1v) is 10.9. The zero-order valence-electron chi connectivity index (χ0n) is 18.6. The van der Waals surface area contributed by atoms with Gasteiger partial charge in [-0.3, -0.25) is 4.90 Å². The van der Waals surface area contributed by atoms with Gasteiger partial charge in [0.05, 0.1) is 39.1 Å². The number of morpholine rings is 3. The first kappa shape index (κ1) is 24.8. The van der Waals surface area contributed by atoms with Crippen LogP contribution in [0.3, 0.4) is 0 Å². The topological polar surface area (TPSA) is 55.0 Å². The van der Waals surface area contributed by atoms with Gasteiger partial charge in [-0.05, 0) is 25.7 Å². The molecule has 162 valence electrons. The molecule has 6 nitrogen and oxygen atoms in total. The minimum absolute atomic E-state index is 0.443. The summed E-state index contributed by atoms with van der Waals surface area (Å²) in [5, 5.41) is 6.68. The molecule has 0 aromatic carbocycles. The van der Waals surface area contributed by atoms with Gasteiger partial charge in [-0.2, -0.15) is 0 Å². The van der Waals surface area contributed by atoms with Crippen molar-refractivity contribution in [2.45, 2.75) is 59.7 Å². The Morgan fingerprint density at radius 2 is 1.52 bits per heavy atom. The molecule has 0 aliphatic carbocycles. The monoisotopic (exact) mass is 387 g/mol. The van der Waals surface area contributed by atoms with E-state index in [1.165, 1.54) is 0 Å². The lowest BCUT2D eigenvalue weighted by Crippen LogP contribution is -2.44. The van der Waals surface area contributed by atoms with Crippen molar-refractivity contribution in [2.24, 2.45) is 11.8 Å². The van der Waals surface area contributed by atoms with Crippen molar-refractivity contribution in [3.05, 3.63) is 0 Å². The fourth-order valence-electron chi connectivity index (χ4n) is 3.12. The van der Waals surface area contributed by atoms with Crippen LogP contribution >= 0.6 is 0 Å². The van der Waals surface area contributed by atoms with Crippen LogP contribution < -0.4 is 10.6 Å². The summed E-state index contributed by atoms with van der Waals surface area (Å²) < 4.78 is 16.0. The molecule has 3 heterocycles. The van der Waals surface area contributed by atoms with Gasteiger partial charge in [-0.15, -0.1) is 0 Å². The molecular formula is C21H45N3O3. The summed E-state index contributed by atoms with van der Waals surface area (Å²) in [7, 11) is 0. The molecule has 3 fully saturated rings. The van der Waals surface area contributed by atoms with Gasteiger partial charge in [-0.1, -0.05) is 27.7 Å². The first-order valence-electron chi connectivity index (χ1n) is 10.9. The third-order valence-corrected chi connectivity index (χ3v) is 5.23. The van der Waals surface area contributed by atoms with Crippen LogP contribution in [-0.2, 0) is 14.2 Å². The second-order valence-corrected chi connectivity index (χ2v) is 8.48. The molecule has 6 heteroatoms. The van der Waals surface area contributed by atoms with E-state index in [1.807, 2.05) is 0 Å². The van der Waals surface area contributed by atoms with Gasteiger partial charge in [0.2, 0.25) is 0 Å². The van der Waals surface area contributed by atoms with Gasteiger partial charge in [0, 0.05) is 44.8 Å². The Morgan fingerprint density at radius 3 is 1.85 bits per heavy atom. The van der Waals surface area contributed by atoms with Crippen LogP contribution in [-0.4, -0.2) is 88.8 Å². The third-order valence-electron chi connectivity index (χ3n) is 5.23. The maximum atomic E-state index is 5.48. The highest BCUT2D eigenvalue weighted by atomic mass is 16.5. The Labute approximate surface area is 167 Å². The standard InChI is InChI=1S/3C7H15NO/c1-7(2)8-3-5-9-6-4-8;1-6(2)7-5-9-4-3-8-7;1-6(2)7-5-8-3-4-9-7/h7H,3-6H2,1-2H3;2*6-8H,3-5H2,1-2H3. The highest BCUT2D eigenvalue weighted by Crippen LogP contribution is 2.07. The minimum atomic E-state index is 0.443. The molecule has 0 bridgehead atoms. The summed E-state index contributed by atoms with van der Waals surface area (Å²) >= 11 is 0. The lowest BCUT2D eigenvalue weighted by molar-refractivity contribution is 0.000507. The summed E-state index contributed by atoms with van der Waals surface area (Å²) in [6, 6.07) is 1.27. The van der Waals surface area contributed by atoms with Crippen molar-refractivity contribution in [1.29, 1.82) is 0 Å². The van der Waals surface area contributed by atoms with E-state index in [0.717, 1.165) is 65.8 Å². The zero-order chi connectivity index (χ0) is 20.1. The number of hydrogen-bond acceptors (Lipinski definition) is 6. The maximum absolute atomic E-state index is 5.48. The van der Waals surface area contributed by atoms with Crippen molar-refractivity contribution in [1.82, 2.24) is 15.5 Å². The number of ether oxygens (including phenoxy) is 3. The van der Waals surface area contributed by atoms with Crippen LogP contribution in [0.5, 0.6) is 0 Å². The smallest absolute Gasteiger partial charge is 0.0722 e. The Kier molecular flexibility index (Phi) is 13.5. The molecule has 0 radical (unpaired) electrons. The van der Waals surface area contributed by atoms with E-state index >= 15 is 0 Å². The molecule has 0 amide bonds. The van der Waals surface area contributed by atoms with Crippen LogP contribution in [0.15, 0.2) is 0 Å². The van der Waals surface area contributed by atoms with Gasteiger partial charge in [-0.25, -0.2) is 0 Å². The number of rotatable bonds is 3. The van der Waals surface area contributed by atoms with Crippen LogP contribution in [0.2, 0.25) is 0 Å². The van der Waals surface area contributed by atoms with Gasteiger partial charge < -0.3 is 24.8 Å². The summed E-state index contributed by atoms with van der Waals surface area (Å²) in [5.41, 5.74) is 0. The molecule has 0 saturated carbocycles. The van der Waals surface area contributed by atoms with Gasteiger partial charge >= 0.3 is 0 Å². The first-order chi connectivity index (χ1) is 12.9. The van der Waals surface area contributed by atoms with Crippen molar-refractivity contribution in [3.63, 3.8) is 0 Å². The molecule has 0 spiro atoms. The molecule has 0 aromatic heterocycles. The Bertz CT molecular complexity index is 283. The van der Waals surface area contributed by atoms with E-state index in [-0.39, 0.29) is 0 Å². The number of nitrogens with zero attached hydrogens (tertiary/aromatic N) is 1. The zero-order valence-corrected chi connectivity index (χ0v) is 18.6. The molecule has 2 atom stereocenters. The van der Waals surface area contributed by atoms with E-state index in [1.54, 1.807) is 0 Å². The van der Waals surface area contributed by atoms with Gasteiger partial charge in [0.1, 0.15) is 0 Å². The maximum Gasteiger partial charge on any atom is 0.0722 e. The number of hydrogen-bond donors (Lipinski definition) is 2. The summed E-state index contributed by atoms with van der Waals surface area (Å²) in [6.07, 6.45) is 0.443. The highest BCUT2D eigenvalue weighted by molar-refractivity contribution is 4.72. The largest absolute Gasteiger partial charge is 0.379 e. The van der Waals surface area contributed by atoms with Crippen molar-refractivity contribution >= 4 is 0 Å². The molecule has 0 aromatic rings. The summed E-state index contributed by atoms with van der Waals surface area (Å²) in [4.78, 5) is 2.43. The molecule has 27 heavy (non-hydrogen) atoms. The molecular weight excluding hydrogens is 342 g/mol. The second kappa shape index (κ2) is 14.7. The van der Waals surface area contributed by atoms with Crippen LogP contribution in [0, 0.1) is 11.8 Å². The summed E-state index contributed by atoms with van der Waals surface area (Å²) in [5.74, 6) is 1.35. The molecule has 2 N–H and O–H groups in total. The molecule has 3 aliphatic heterocycles. The van der Waals surface area contributed by atoms with Crippen molar-refractivity contribution in [3.8, 4) is 0 Å². The van der Waals surface area contributed by atoms with Crippen LogP contribution in [0.25, 0.3) is 0 Å². The van der Waals surface area contributed by atoms with Crippen LogP contribution in [0.1, 0.15) is 41.5 Å². The lowest BCUT2D eigenvalue weighted by Gasteiger charge is -2.29. The Morgan fingerprint density at radius 1 is 0.815 bits per heavy atom. The predicted molar refractivity (Wildman–Crippen MR) is 112 cm³/mol. The molecule has 3 aliphatic rings. The molecule has 3 rings (SSSR count). The Hall–Kier alpha value is -0.240. The van der Waals surface area contributed by atoms with E-state index in [9.17, 15) is 0 Å². The average Bonchev–Trinajstić information content (AvgIpc) is 2.71. The quantitative estimate of drug-likeness (QED) is 0.772. The third kappa shape index (κ3) is 11.4. The lowest BCUT2D eigenvalue weighted by atomic mass is 10.1. The SMILES string of the molecule is CC(C)C1CNCCO1.CC(C)C1COCCN1.CC(C)N1CCOCC1. The van der Waals surface area contributed by atoms with E-state index in [2.05, 4.69) is 57.1 Å². The molecule has 3 saturated heterocycles. The van der Waals surface area contributed by atoms with Gasteiger partial charge in [0.25, 0.3) is 0 Å². The number of nitrogens with one attached hydrogen (secondary N) is 2. The summed E-state index contributed by atoms with van der Waals surface area (Å²) in [6.45, 7) is 23.0. The van der Waals surface area contributed by atoms with Crippen molar-refractivity contribution < 1.29 is 14.2 Å². The van der Waals surface area contributed by atoms with Crippen LogP contribution in [0.4, 0.5) is 0 Å². The van der Waals surface area contributed by atoms with E-state index in [0.29, 0.717) is 30.0 Å². The second-order valence-electron chi connectivity index (χ2n) is 8.48. The van der Waals surface area contributed by atoms with Gasteiger partial charge in [0.15, 0.2) is 0 Å². The average molecular weight is 388 g/mol. The fraction of sp³-hybridized carbons (Fsp3) is 1.00. The molecule has 2 unspecified atom stereocenters. The van der Waals surface area contributed by atoms with E-state index < -0.39 is 0 Å². The minimum Gasteiger partial charge on any atom is -0.379 e. The predicted octanol–water partition coefficient (Wildman–Crippen LogP) is 1.99.